The third kappa shape index (κ3) is 4.43. The van der Waals surface area contributed by atoms with Crippen molar-refractivity contribution in [3.8, 4) is 5.88 Å². The van der Waals surface area contributed by atoms with Crippen LogP contribution in [0.25, 0.3) is 10.9 Å². The molecule has 150 valence electrons. The Morgan fingerprint density at radius 3 is 2.62 bits per heavy atom. The summed E-state index contributed by atoms with van der Waals surface area (Å²) in [5.41, 5.74) is 2.20. The number of halogens is 1. The Kier molecular flexibility index (Phi) is 6.11. The number of azo groups is 1. The summed E-state index contributed by atoms with van der Waals surface area (Å²) in [6, 6.07) is 15.7. The van der Waals surface area contributed by atoms with Crippen LogP contribution in [0.2, 0.25) is 5.02 Å². The van der Waals surface area contributed by atoms with Crippen molar-refractivity contribution in [2.24, 2.45) is 10.2 Å². The van der Waals surface area contributed by atoms with Crippen molar-refractivity contribution in [3.63, 3.8) is 0 Å². The number of fused-ring (bicyclic) bond motifs is 1. The van der Waals surface area contributed by atoms with Crippen molar-refractivity contribution >= 4 is 45.5 Å². The van der Waals surface area contributed by atoms with Gasteiger partial charge in [0.15, 0.2) is 5.69 Å². The summed E-state index contributed by atoms with van der Waals surface area (Å²) in [6.45, 7) is 0.437. The average molecular weight is 427 g/mol. The van der Waals surface area contributed by atoms with Gasteiger partial charge in [0.2, 0.25) is 11.0 Å². The smallest absolute Gasteiger partial charge is 0.221 e. The fourth-order valence-electron chi connectivity index (χ4n) is 3.87. The molecule has 0 radical (unpaired) electrons. The highest BCUT2D eigenvalue weighted by molar-refractivity contribution is 7.80. The zero-order chi connectivity index (χ0) is 20.2. The lowest BCUT2D eigenvalue weighted by Crippen LogP contribution is -2.33. The molecule has 1 aromatic heterocycles. The quantitative estimate of drug-likeness (QED) is 0.378. The van der Waals surface area contributed by atoms with Gasteiger partial charge in [-0.1, -0.05) is 67.3 Å². The molecule has 5 nitrogen and oxygen atoms in total. The fraction of sp³-hybridized carbons (Fsp3) is 0.318. The number of benzene rings is 2. The standard InChI is InChI=1S/C22H23ClN4OS/c23-18-12-6-4-8-15(18)14-27-19-13-7-5-11-17(19)20(21(27)28)25-26-22(29)24-16-9-2-1-3-10-16/h4-8,11-13,16,28H,1-3,9-10,14H2,(H,24,29). The molecule has 1 heterocycles. The van der Waals surface area contributed by atoms with Gasteiger partial charge < -0.3 is 15.0 Å². The molecule has 0 unspecified atom stereocenters. The van der Waals surface area contributed by atoms with Gasteiger partial charge in [0.25, 0.3) is 0 Å². The van der Waals surface area contributed by atoms with Crippen LogP contribution in [-0.4, -0.2) is 20.8 Å². The van der Waals surface area contributed by atoms with Gasteiger partial charge in [-0.15, -0.1) is 10.2 Å². The van der Waals surface area contributed by atoms with Crippen LogP contribution < -0.4 is 5.32 Å². The summed E-state index contributed by atoms with van der Waals surface area (Å²) in [5.74, 6) is 0.0512. The van der Waals surface area contributed by atoms with Gasteiger partial charge in [0.05, 0.1) is 12.1 Å². The molecule has 1 fully saturated rings. The minimum atomic E-state index is 0.0512. The monoisotopic (exact) mass is 426 g/mol. The summed E-state index contributed by atoms with van der Waals surface area (Å²) in [5, 5.41) is 24.5. The maximum Gasteiger partial charge on any atom is 0.221 e. The Balaban J connectivity index is 1.62. The molecule has 3 aromatic rings. The largest absolute Gasteiger partial charge is 0.493 e. The Morgan fingerprint density at radius 1 is 1.10 bits per heavy atom. The SMILES string of the molecule is Oc1c(N=NC(=S)NC2CCCCC2)c2ccccc2n1Cc1ccccc1Cl. The van der Waals surface area contributed by atoms with E-state index < -0.39 is 0 Å². The maximum absolute atomic E-state index is 10.9. The first-order chi connectivity index (χ1) is 14.1. The van der Waals surface area contributed by atoms with E-state index in [4.69, 9.17) is 23.8 Å². The highest BCUT2D eigenvalue weighted by Gasteiger charge is 2.18. The molecule has 2 N–H and O–H groups in total. The molecule has 1 saturated carbocycles. The number of nitrogens with zero attached hydrogens (tertiary/aromatic N) is 3. The highest BCUT2D eigenvalue weighted by Crippen LogP contribution is 2.39. The molecule has 0 spiro atoms. The van der Waals surface area contributed by atoms with Crippen LogP contribution in [0, 0.1) is 0 Å². The first-order valence-corrected chi connectivity index (χ1v) is 10.7. The van der Waals surface area contributed by atoms with Crippen molar-refractivity contribution in [3.05, 3.63) is 59.1 Å². The van der Waals surface area contributed by atoms with E-state index >= 15 is 0 Å². The lowest BCUT2D eigenvalue weighted by Gasteiger charge is -2.22. The predicted octanol–water partition coefficient (Wildman–Crippen LogP) is 6.34. The fourth-order valence-corrected chi connectivity index (χ4v) is 4.28. The summed E-state index contributed by atoms with van der Waals surface area (Å²) in [7, 11) is 0. The van der Waals surface area contributed by atoms with Gasteiger partial charge in [-0.05, 0) is 42.8 Å². The predicted molar refractivity (Wildman–Crippen MR) is 121 cm³/mol. The minimum Gasteiger partial charge on any atom is -0.493 e. The van der Waals surface area contributed by atoms with Crippen molar-refractivity contribution in [1.82, 2.24) is 9.88 Å². The molecule has 2 aromatic carbocycles. The molecule has 0 aliphatic heterocycles. The molecule has 1 aliphatic rings. The summed E-state index contributed by atoms with van der Waals surface area (Å²) in [4.78, 5) is 0. The third-order valence-electron chi connectivity index (χ3n) is 5.38. The highest BCUT2D eigenvalue weighted by atomic mass is 35.5. The molecule has 4 rings (SSSR count). The van der Waals surface area contributed by atoms with Crippen LogP contribution in [0.15, 0.2) is 58.8 Å². The first kappa shape index (κ1) is 19.9. The average Bonchev–Trinajstić information content (AvgIpc) is 3.00. The van der Waals surface area contributed by atoms with Crippen LogP contribution in [0.5, 0.6) is 5.88 Å². The van der Waals surface area contributed by atoms with Crippen LogP contribution in [0.3, 0.4) is 0 Å². The Hall–Kier alpha value is -2.44. The van der Waals surface area contributed by atoms with Gasteiger partial charge in [-0.3, -0.25) is 0 Å². The molecule has 0 bridgehead atoms. The van der Waals surface area contributed by atoms with E-state index in [9.17, 15) is 5.11 Å². The molecule has 7 heteroatoms. The number of hydrogen-bond donors (Lipinski definition) is 2. The Bertz CT molecular complexity index is 1060. The second kappa shape index (κ2) is 8.93. The molecule has 1 aliphatic carbocycles. The number of para-hydroxylation sites is 1. The normalized spacial score (nSPS) is 15.2. The number of aromatic hydroxyl groups is 1. The number of nitrogens with one attached hydrogen (secondary N) is 1. The number of rotatable bonds is 4. The van der Waals surface area contributed by atoms with E-state index in [0.29, 0.717) is 28.4 Å². The first-order valence-electron chi connectivity index (χ1n) is 9.89. The zero-order valence-electron chi connectivity index (χ0n) is 16.0. The summed E-state index contributed by atoms with van der Waals surface area (Å²) in [6.07, 6.45) is 5.93. The lowest BCUT2D eigenvalue weighted by atomic mass is 9.96. The molecule has 29 heavy (non-hydrogen) atoms. The van der Waals surface area contributed by atoms with Crippen molar-refractivity contribution in [2.75, 3.05) is 0 Å². The van der Waals surface area contributed by atoms with Crippen LogP contribution in [-0.2, 0) is 6.54 Å². The number of aromatic nitrogens is 1. The lowest BCUT2D eigenvalue weighted by molar-refractivity contribution is 0.414. The molecular weight excluding hydrogens is 404 g/mol. The van der Waals surface area contributed by atoms with Crippen molar-refractivity contribution < 1.29 is 5.11 Å². The van der Waals surface area contributed by atoms with Gasteiger partial charge in [-0.25, -0.2) is 0 Å². The molecule has 0 saturated heterocycles. The van der Waals surface area contributed by atoms with Crippen LogP contribution in [0.4, 0.5) is 5.69 Å². The van der Waals surface area contributed by atoms with E-state index in [2.05, 4.69) is 15.5 Å². The third-order valence-corrected chi connectivity index (χ3v) is 5.95. The van der Waals surface area contributed by atoms with E-state index in [0.717, 1.165) is 29.3 Å². The van der Waals surface area contributed by atoms with E-state index in [-0.39, 0.29) is 5.88 Å². The van der Waals surface area contributed by atoms with Gasteiger partial charge >= 0.3 is 0 Å². The molecule has 0 amide bonds. The van der Waals surface area contributed by atoms with Crippen LogP contribution in [0.1, 0.15) is 37.7 Å². The summed E-state index contributed by atoms with van der Waals surface area (Å²) >= 11 is 11.7. The van der Waals surface area contributed by atoms with Crippen molar-refractivity contribution in [2.45, 2.75) is 44.7 Å². The molecular formula is C22H23ClN4OS. The Labute approximate surface area is 180 Å². The molecule has 0 atom stereocenters. The number of hydrogen-bond acceptors (Lipinski definition) is 3. The second-order valence-corrected chi connectivity index (χ2v) is 8.15. The van der Waals surface area contributed by atoms with Crippen molar-refractivity contribution in [1.29, 1.82) is 0 Å². The topological polar surface area (TPSA) is 61.9 Å². The zero-order valence-corrected chi connectivity index (χ0v) is 17.6. The van der Waals surface area contributed by atoms with E-state index in [1.807, 2.05) is 48.5 Å². The minimum absolute atomic E-state index is 0.0512. The number of thiocarbonyl (C=S) groups is 1. The van der Waals surface area contributed by atoms with E-state index in [1.165, 1.54) is 19.3 Å². The van der Waals surface area contributed by atoms with Gasteiger partial charge in [-0.2, -0.15) is 0 Å². The van der Waals surface area contributed by atoms with Gasteiger partial charge in [0.1, 0.15) is 0 Å². The summed E-state index contributed by atoms with van der Waals surface area (Å²) < 4.78 is 1.79. The Morgan fingerprint density at radius 2 is 1.83 bits per heavy atom. The second-order valence-electron chi connectivity index (χ2n) is 7.35. The van der Waals surface area contributed by atoms with E-state index in [1.54, 1.807) is 4.57 Å². The maximum atomic E-state index is 10.9. The van der Waals surface area contributed by atoms with Crippen LogP contribution >= 0.6 is 23.8 Å². The van der Waals surface area contributed by atoms with Gasteiger partial charge in [0, 0.05) is 16.5 Å².